The first-order chi connectivity index (χ1) is 5.90. The van der Waals surface area contributed by atoms with Crippen LogP contribution in [0.1, 0.15) is 13.3 Å². The SMILES string of the molecule is C[C@@H]1OC(C(N)=O)(C(N)=O)C[C@H]1O. The molecule has 0 spiro atoms. The highest BCUT2D eigenvalue weighted by molar-refractivity contribution is 6.07. The molecule has 2 atom stereocenters. The molecule has 6 heteroatoms. The number of aliphatic hydroxyl groups excluding tert-OH is 1. The minimum atomic E-state index is -1.83. The minimum Gasteiger partial charge on any atom is -0.390 e. The predicted molar refractivity (Wildman–Crippen MR) is 42.3 cm³/mol. The molecule has 2 amide bonds. The molecule has 1 aliphatic rings. The van der Waals surface area contributed by atoms with E-state index in [2.05, 4.69) is 0 Å². The Bertz CT molecular complexity index is 227. The molecule has 0 bridgehead atoms. The van der Waals surface area contributed by atoms with Crippen LogP contribution in [0, 0.1) is 0 Å². The maximum atomic E-state index is 10.9. The van der Waals surface area contributed by atoms with E-state index in [1.54, 1.807) is 0 Å². The van der Waals surface area contributed by atoms with Crippen LogP contribution in [0.25, 0.3) is 0 Å². The van der Waals surface area contributed by atoms with Crippen LogP contribution in [-0.2, 0) is 14.3 Å². The monoisotopic (exact) mass is 188 g/mol. The zero-order chi connectivity index (χ0) is 10.2. The quantitative estimate of drug-likeness (QED) is 0.429. The van der Waals surface area contributed by atoms with Crippen molar-refractivity contribution in [3.05, 3.63) is 0 Å². The van der Waals surface area contributed by atoms with Crippen molar-refractivity contribution in [2.75, 3.05) is 0 Å². The van der Waals surface area contributed by atoms with Gasteiger partial charge in [0.05, 0.1) is 12.2 Å². The van der Waals surface area contributed by atoms with E-state index in [1.165, 1.54) is 6.92 Å². The highest BCUT2D eigenvalue weighted by atomic mass is 16.5. The van der Waals surface area contributed by atoms with E-state index < -0.39 is 29.6 Å². The third kappa shape index (κ3) is 1.38. The number of hydrogen-bond acceptors (Lipinski definition) is 4. The summed E-state index contributed by atoms with van der Waals surface area (Å²) in [6.07, 6.45) is -1.67. The number of rotatable bonds is 2. The van der Waals surface area contributed by atoms with Gasteiger partial charge in [-0.2, -0.15) is 0 Å². The van der Waals surface area contributed by atoms with E-state index in [0.717, 1.165) is 0 Å². The Morgan fingerprint density at radius 2 is 1.92 bits per heavy atom. The second kappa shape index (κ2) is 2.97. The highest BCUT2D eigenvalue weighted by Gasteiger charge is 2.53. The number of hydrogen-bond donors (Lipinski definition) is 3. The minimum absolute atomic E-state index is 0.168. The van der Waals surface area contributed by atoms with Crippen LogP contribution < -0.4 is 11.5 Å². The number of ether oxygens (including phenoxy) is 1. The second-order valence-electron chi connectivity index (χ2n) is 3.15. The van der Waals surface area contributed by atoms with E-state index in [9.17, 15) is 14.7 Å². The standard InChI is InChI=1S/C7H12N2O4/c1-3-4(10)2-7(13-3,5(8)11)6(9)12/h3-4,10H,2H2,1H3,(H2,8,11)(H2,9,12)/t3-,4+/m0/s1. The lowest BCUT2D eigenvalue weighted by Gasteiger charge is -2.20. The number of carbonyl (C=O) groups is 2. The summed E-state index contributed by atoms with van der Waals surface area (Å²) in [5, 5.41) is 9.29. The molecule has 0 radical (unpaired) electrons. The maximum Gasteiger partial charge on any atom is 0.259 e. The Morgan fingerprint density at radius 3 is 2.08 bits per heavy atom. The second-order valence-corrected chi connectivity index (χ2v) is 3.15. The Morgan fingerprint density at radius 1 is 1.46 bits per heavy atom. The third-order valence-electron chi connectivity index (χ3n) is 2.22. The molecule has 0 aromatic carbocycles. The first-order valence-corrected chi connectivity index (χ1v) is 3.86. The van der Waals surface area contributed by atoms with Crippen molar-refractivity contribution >= 4 is 11.8 Å². The van der Waals surface area contributed by atoms with E-state index in [4.69, 9.17) is 16.2 Å². The van der Waals surface area contributed by atoms with Crippen molar-refractivity contribution in [1.29, 1.82) is 0 Å². The van der Waals surface area contributed by atoms with Gasteiger partial charge in [0, 0.05) is 6.42 Å². The van der Waals surface area contributed by atoms with Crippen LogP contribution in [0.4, 0.5) is 0 Å². The Hall–Kier alpha value is -1.14. The van der Waals surface area contributed by atoms with Gasteiger partial charge in [-0.05, 0) is 6.92 Å². The molecule has 74 valence electrons. The van der Waals surface area contributed by atoms with Gasteiger partial charge in [0.25, 0.3) is 11.8 Å². The van der Waals surface area contributed by atoms with Crippen LogP contribution in [0.5, 0.6) is 0 Å². The molecule has 1 aliphatic heterocycles. The van der Waals surface area contributed by atoms with Crippen molar-refractivity contribution in [3.8, 4) is 0 Å². The number of primary amides is 2. The average molecular weight is 188 g/mol. The van der Waals surface area contributed by atoms with Crippen LogP contribution in [0.15, 0.2) is 0 Å². The van der Waals surface area contributed by atoms with E-state index in [-0.39, 0.29) is 6.42 Å². The van der Waals surface area contributed by atoms with Gasteiger partial charge in [-0.1, -0.05) is 0 Å². The van der Waals surface area contributed by atoms with Crippen LogP contribution in [0.2, 0.25) is 0 Å². The van der Waals surface area contributed by atoms with Gasteiger partial charge in [0.2, 0.25) is 5.60 Å². The Kier molecular flexibility index (Phi) is 2.27. The molecule has 1 saturated heterocycles. The van der Waals surface area contributed by atoms with Gasteiger partial charge in [-0.15, -0.1) is 0 Å². The number of carbonyl (C=O) groups excluding carboxylic acids is 2. The smallest absolute Gasteiger partial charge is 0.259 e. The Balaban J connectivity index is 2.96. The molecule has 5 N–H and O–H groups in total. The molecule has 0 aromatic rings. The first kappa shape index (κ1) is 9.94. The maximum absolute atomic E-state index is 10.9. The van der Waals surface area contributed by atoms with Crippen molar-refractivity contribution in [1.82, 2.24) is 0 Å². The van der Waals surface area contributed by atoms with Gasteiger partial charge in [0.15, 0.2) is 0 Å². The van der Waals surface area contributed by atoms with Crippen LogP contribution in [0.3, 0.4) is 0 Å². The molecule has 1 fully saturated rings. The molecule has 1 rings (SSSR count). The van der Waals surface area contributed by atoms with Gasteiger partial charge < -0.3 is 21.3 Å². The van der Waals surface area contributed by atoms with Crippen LogP contribution in [-0.4, -0.2) is 34.7 Å². The lowest BCUT2D eigenvalue weighted by Crippen LogP contribution is -2.54. The van der Waals surface area contributed by atoms with Crippen LogP contribution >= 0.6 is 0 Å². The van der Waals surface area contributed by atoms with Crippen molar-refractivity contribution < 1.29 is 19.4 Å². The summed E-state index contributed by atoms with van der Waals surface area (Å²) in [5.74, 6) is -1.91. The molecular weight excluding hydrogens is 176 g/mol. The topological polar surface area (TPSA) is 116 Å². The fraction of sp³-hybridized carbons (Fsp3) is 0.714. The third-order valence-corrected chi connectivity index (χ3v) is 2.22. The summed E-state index contributed by atoms with van der Waals surface area (Å²) >= 11 is 0. The molecule has 13 heavy (non-hydrogen) atoms. The zero-order valence-electron chi connectivity index (χ0n) is 7.19. The summed E-state index contributed by atoms with van der Waals surface area (Å²) in [7, 11) is 0. The zero-order valence-corrected chi connectivity index (χ0v) is 7.19. The predicted octanol–water partition coefficient (Wildman–Crippen LogP) is -2.13. The van der Waals surface area contributed by atoms with E-state index in [0.29, 0.717) is 0 Å². The molecule has 6 nitrogen and oxygen atoms in total. The summed E-state index contributed by atoms with van der Waals surface area (Å²) in [6, 6.07) is 0. The average Bonchev–Trinajstić information content (AvgIpc) is 2.29. The number of nitrogens with two attached hydrogens (primary N) is 2. The molecule has 0 aromatic heterocycles. The van der Waals surface area contributed by atoms with Crippen molar-refractivity contribution in [2.45, 2.75) is 31.2 Å². The van der Waals surface area contributed by atoms with Gasteiger partial charge in [-0.3, -0.25) is 9.59 Å². The van der Waals surface area contributed by atoms with Crippen molar-refractivity contribution in [3.63, 3.8) is 0 Å². The molecule has 1 heterocycles. The number of aliphatic hydroxyl groups is 1. The summed E-state index contributed by atoms with van der Waals surface area (Å²) in [5.41, 5.74) is 8.13. The summed E-state index contributed by atoms with van der Waals surface area (Å²) in [6.45, 7) is 1.54. The normalized spacial score (nSPS) is 31.5. The summed E-state index contributed by atoms with van der Waals surface area (Å²) < 4.78 is 4.98. The fourth-order valence-corrected chi connectivity index (χ4v) is 1.34. The fourth-order valence-electron chi connectivity index (χ4n) is 1.34. The van der Waals surface area contributed by atoms with E-state index in [1.807, 2.05) is 0 Å². The lowest BCUT2D eigenvalue weighted by molar-refractivity contribution is -0.154. The molecule has 0 unspecified atom stereocenters. The van der Waals surface area contributed by atoms with Gasteiger partial charge in [0.1, 0.15) is 0 Å². The first-order valence-electron chi connectivity index (χ1n) is 3.86. The Labute approximate surface area is 74.8 Å². The molecular formula is C7H12N2O4. The van der Waals surface area contributed by atoms with Gasteiger partial charge >= 0.3 is 0 Å². The molecule has 0 aliphatic carbocycles. The van der Waals surface area contributed by atoms with Crippen molar-refractivity contribution in [2.24, 2.45) is 11.5 Å². The lowest BCUT2D eigenvalue weighted by atomic mass is 9.97. The largest absolute Gasteiger partial charge is 0.390 e. The highest BCUT2D eigenvalue weighted by Crippen LogP contribution is 2.30. The summed E-state index contributed by atoms with van der Waals surface area (Å²) in [4.78, 5) is 21.9. The number of amides is 2. The molecule has 0 saturated carbocycles. The van der Waals surface area contributed by atoms with Gasteiger partial charge in [-0.25, -0.2) is 0 Å². The van der Waals surface area contributed by atoms with E-state index >= 15 is 0 Å².